The van der Waals surface area contributed by atoms with Crippen molar-refractivity contribution >= 4 is 16.8 Å². The van der Waals surface area contributed by atoms with Gasteiger partial charge in [-0.25, -0.2) is 0 Å². The number of amides is 1. The van der Waals surface area contributed by atoms with Gasteiger partial charge in [-0.2, -0.15) is 0 Å². The molecule has 0 saturated heterocycles. The van der Waals surface area contributed by atoms with Crippen molar-refractivity contribution in [1.29, 1.82) is 0 Å². The van der Waals surface area contributed by atoms with Crippen molar-refractivity contribution in [2.75, 3.05) is 14.2 Å². The number of nitrogens with one attached hydrogen (secondary N) is 1. The smallest absolute Gasteiger partial charge is 0.253 e. The molecule has 1 N–H and O–H groups in total. The number of pyridine rings is 1. The fourth-order valence-electron chi connectivity index (χ4n) is 2.18. The molecule has 0 aliphatic rings. The van der Waals surface area contributed by atoms with Gasteiger partial charge < -0.3 is 10.1 Å². The number of carbonyl (C=O) groups excluding carboxylic acids is 1. The first-order valence-electron chi connectivity index (χ1n) is 6.27. The van der Waals surface area contributed by atoms with E-state index in [9.17, 15) is 4.79 Å². The summed E-state index contributed by atoms with van der Waals surface area (Å²) in [6.45, 7) is 4.24. The Balaban J connectivity index is 2.82. The molecule has 0 atom stereocenters. The number of methoxy groups -OCH3 is 1. The van der Waals surface area contributed by atoms with Gasteiger partial charge in [-0.3, -0.25) is 9.78 Å². The second-order valence-electron chi connectivity index (χ2n) is 4.71. The maximum absolute atomic E-state index is 12.0. The molecule has 19 heavy (non-hydrogen) atoms. The van der Waals surface area contributed by atoms with E-state index in [0.717, 1.165) is 10.9 Å². The molecular formula is C15H18N2O2. The molecule has 0 aliphatic heterocycles. The number of ether oxygens (including phenoxy) is 1. The first-order chi connectivity index (χ1) is 9.08. The molecule has 1 amide bonds. The number of hydrogen-bond acceptors (Lipinski definition) is 3. The minimum Gasteiger partial charge on any atom is -0.497 e. The Morgan fingerprint density at radius 1 is 1.37 bits per heavy atom. The second-order valence-corrected chi connectivity index (χ2v) is 4.71. The zero-order valence-corrected chi connectivity index (χ0v) is 11.7. The van der Waals surface area contributed by atoms with Crippen LogP contribution in [-0.4, -0.2) is 25.0 Å². The van der Waals surface area contributed by atoms with Crippen LogP contribution in [0.2, 0.25) is 0 Å². The standard InChI is InChI=1S/C15H18N2O2/c1-9(2)11-5-6-17-14-12(11)7-10(19-4)8-13(14)15(18)16-3/h5-9H,1-4H3,(H,16,18). The van der Waals surface area contributed by atoms with E-state index in [-0.39, 0.29) is 5.91 Å². The zero-order chi connectivity index (χ0) is 14.0. The van der Waals surface area contributed by atoms with Gasteiger partial charge in [-0.15, -0.1) is 0 Å². The van der Waals surface area contributed by atoms with Crippen molar-refractivity contribution in [1.82, 2.24) is 10.3 Å². The predicted octanol–water partition coefficient (Wildman–Crippen LogP) is 2.73. The van der Waals surface area contributed by atoms with Crippen LogP contribution in [0.25, 0.3) is 10.9 Å². The number of hydrogen-bond donors (Lipinski definition) is 1. The molecule has 1 heterocycles. The summed E-state index contributed by atoms with van der Waals surface area (Å²) in [5.74, 6) is 0.869. The summed E-state index contributed by atoms with van der Waals surface area (Å²) in [6.07, 6.45) is 1.75. The highest BCUT2D eigenvalue weighted by Gasteiger charge is 2.15. The Morgan fingerprint density at radius 2 is 2.11 bits per heavy atom. The van der Waals surface area contributed by atoms with Gasteiger partial charge in [0.15, 0.2) is 0 Å². The van der Waals surface area contributed by atoms with E-state index >= 15 is 0 Å². The number of nitrogens with zero attached hydrogens (tertiary/aromatic N) is 1. The Hall–Kier alpha value is -2.10. The molecule has 1 aromatic heterocycles. The third-order valence-electron chi connectivity index (χ3n) is 3.18. The molecule has 0 fully saturated rings. The molecule has 0 spiro atoms. The number of rotatable bonds is 3. The highest BCUT2D eigenvalue weighted by molar-refractivity contribution is 6.06. The van der Waals surface area contributed by atoms with Crippen LogP contribution in [0, 0.1) is 0 Å². The molecule has 0 unspecified atom stereocenters. The minimum atomic E-state index is -0.155. The summed E-state index contributed by atoms with van der Waals surface area (Å²) < 4.78 is 5.28. The summed E-state index contributed by atoms with van der Waals surface area (Å²) in [7, 11) is 3.21. The summed E-state index contributed by atoms with van der Waals surface area (Å²) >= 11 is 0. The van der Waals surface area contributed by atoms with E-state index in [1.54, 1.807) is 26.4 Å². The van der Waals surface area contributed by atoms with E-state index in [1.165, 1.54) is 0 Å². The highest BCUT2D eigenvalue weighted by atomic mass is 16.5. The van der Waals surface area contributed by atoms with Crippen molar-refractivity contribution in [3.63, 3.8) is 0 Å². The maximum Gasteiger partial charge on any atom is 0.253 e. The lowest BCUT2D eigenvalue weighted by Crippen LogP contribution is -2.18. The largest absolute Gasteiger partial charge is 0.497 e. The van der Waals surface area contributed by atoms with Crippen LogP contribution >= 0.6 is 0 Å². The first kappa shape index (κ1) is 13.3. The van der Waals surface area contributed by atoms with E-state index in [1.807, 2.05) is 12.1 Å². The van der Waals surface area contributed by atoms with Gasteiger partial charge in [0.2, 0.25) is 0 Å². The van der Waals surface area contributed by atoms with Gasteiger partial charge in [0.25, 0.3) is 5.91 Å². The molecular weight excluding hydrogens is 240 g/mol. The van der Waals surface area contributed by atoms with Crippen LogP contribution in [0.15, 0.2) is 24.4 Å². The lowest BCUT2D eigenvalue weighted by molar-refractivity contribution is 0.0964. The predicted molar refractivity (Wildman–Crippen MR) is 75.8 cm³/mol. The zero-order valence-electron chi connectivity index (χ0n) is 11.7. The monoisotopic (exact) mass is 258 g/mol. The molecule has 4 nitrogen and oxygen atoms in total. The van der Waals surface area contributed by atoms with Crippen LogP contribution in [0.3, 0.4) is 0 Å². The molecule has 4 heteroatoms. The van der Waals surface area contributed by atoms with Crippen LogP contribution in [0.1, 0.15) is 35.7 Å². The maximum atomic E-state index is 12.0. The SMILES string of the molecule is CNC(=O)c1cc(OC)cc2c(C(C)C)ccnc12. The molecule has 0 radical (unpaired) electrons. The van der Waals surface area contributed by atoms with E-state index in [4.69, 9.17) is 4.74 Å². The summed E-state index contributed by atoms with van der Waals surface area (Å²) in [5, 5.41) is 3.61. The van der Waals surface area contributed by atoms with E-state index in [0.29, 0.717) is 22.7 Å². The van der Waals surface area contributed by atoms with Gasteiger partial charge >= 0.3 is 0 Å². The average Bonchev–Trinajstić information content (AvgIpc) is 2.44. The van der Waals surface area contributed by atoms with Crippen molar-refractivity contribution in [2.24, 2.45) is 0 Å². The highest BCUT2D eigenvalue weighted by Crippen LogP contribution is 2.30. The summed E-state index contributed by atoms with van der Waals surface area (Å²) in [5.41, 5.74) is 2.42. The molecule has 1 aromatic carbocycles. The molecule has 0 aliphatic carbocycles. The third kappa shape index (κ3) is 2.38. The fourth-order valence-corrected chi connectivity index (χ4v) is 2.18. The Kier molecular flexibility index (Phi) is 3.69. The fraction of sp³-hybridized carbons (Fsp3) is 0.333. The summed E-state index contributed by atoms with van der Waals surface area (Å²) in [6, 6.07) is 5.64. The normalized spacial score (nSPS) is 10.8. The van der Waals surface area contributed by atoms with Crippen LogP contribution in [0.5, 0.6) is 5.75 Å². The number of benzene rings is 1. The van der Waals surface area contributed by atoms with Gasteiger partial charge in [0.05, 0.1) is 18.2 Å². The molecule has 0 bridgehead atoms. The van der Waals surface area contributed by atoms with Crippen LogP contribution in [-0.2, 0) is 0 Å². The van der Waals surface area contributed by atoms with Gasteiger partial charge in [-0.1, -0.05) is 13.8 Å². The Bertz CT molecular complexity index is 621. The third-order valence-corrected chi connectivity index (χ3v) is 3.18. The minimum absolute atomic E-state index is 0.155. The van der Waals surface area contributed by atoms with Crippen molar-refractivity contribution in [2.45, 2.75) is 19.8 Å². The van der Waals surface area contributed by atoms with Crippen LogP contribution < -0.4 is 10.1 Å². The van der Waals surface area contributed by atoms with Crippen molar-refractivity contribution < 1.29 is 9.53 Å². The summed E-state index contributed by atoms with van der Waals surface area (Å²) in [4.78, 5) is 16.3. The average molecular weight is 258 g/mol. The van der Waals surface area contributed by atoms with Gasteiger partial charge in [-0.05, 0) is 29.7 Å². The topological polar surface area (TPSA) is 51.2 Å². The number of fused-ring (bicyclic) bond motifs is 1. The molecule has 2 rings (SSSR count). The van der Waals surface area contributed by atoms with E-state index in [2.05, 4.69) is 24.1 Å². The first-order valence-corrected chi connectivity index (χ1v) is 6.27. The molecule has 0 saturated carbocycles. The Labute approximate surface area is 112 Å². The molecule has 100 valence electrons. The van der Waals surface area contributed by atoms with Crippen LogP contribution in [0.4, 0.5) is 0 Å². The van der Waals surface area contributed by atoms with Gasteiger partial charge in [0.1, 0.15) is 5.75 Å². The quantitative estimate of drug-likeness (QED) is 0.921. The number of aromatic nitrogens is 1. The van der Waals surface area contributed by atoms with Crippen molar-refractivity contribution in [3.8, 4) is 5.75 Å². The second kappa shape index (κ2) is 5.26. The van der Waals surface area contributed by atoms with Crippen molar-refractivity contribution in [3.05, 3.63) is 35.5 Å². The Morgan fingerprint density at radius 3 is 2.68 bits per heavy atom. The number of carbonyl (C=O) groups is 1. The lowest BCUT2D eigenvalue weighted by Gasteiger charge is -2.13. The van der Waals surface area contributed by atoms with Gasteiger partial charge in [0, 0.05) is 18.6 Å². The lowest BCUT2D eigenvalue weighted by atomic mass is 9.97. The molecule has 2 aromatic rings. The van der Waals surface area contributed by atoms with E-state index < -0.39 is 0 Å².